The van der Waals surface area contributed by atoms with Crippen LogP contribution in [0.15, 0.2) is 24.3 Å². The SMILES string of the molecule is CC(=O)C[C@@H](c1ccc([N+](=O)[O-])cc1)C(C)(C)[N+](=O)[O-]. The fourth-order valence-corrected chi connectivity index (χ4v) is 2.02. The Labute approximate surface area is 115 Å². The second kappa shape index (κ2) is 5.77. The van der Waals surface area contributed by atoms with Crippen LogP contribution in [0.4, 0.5) is 5.69 Å². The van der Waals surface area contributed by atoms with Gasteiger partial charge in [-0.1, -0.05) is 12.1 Å². The van der Waals surface area contributed by atoms with Crippen LogP contribution in [-0.4, -0.2) is 21.2 Å². The lowest BCUT2D eigenvalue weighted by atomic mass is 9.79. The summed E-state index contributed by atoms with van der Waals surface area (Å²) in [6, 6.07) is 5.52. The van der Waals surface area contributed by atoms with Gasteiger partial charge in [-0.05, 0) is 12.5 Å². The molecular weight excluding hydrogens is 264 g/mol. The van der Waals surface area contributed by atoms with Crippen molar-refractivity contribution in [1.29, 1.82) is 0 Å². The molecule has 0 N–H and O–H groups in total. The van der Waals surface area contributed by atoms with Crippen molar-refractivity contribution in [1.82, 2.24) is 0 Å². The number of Topliss-reactive ketones (excluding diaryl/α,β-unsaturated/α-hetero) is 1. The number of carbonyl (C=O) groups excluding carboxylic acids is 1. The predicted molar refractivity (Wildman–Crippen MR) is 72.2 cm³/mol. The molecule has 0 spiro atoms. The molecule has 0 radical (unpaired) electrons. The maximum Gasteiger partial charge on any atom is 0.269 e. The first-order chi connectivity index (χ1) is 9.16. The zero-order chi connectivity index (χ0) is 15.5. The molecule has 0 fully saturated rings. The van der Waals surface area contributed by atoms with E-state index in [1.165, 1.54) is 45.0 Å². The number of carbonyl (C=O) groups is 1. The van der Waals surface area contributed by atoms with Crippen molar-refractivity contribution in [3.05, 3.63) is 50.1 Å². The van der Waals surface area contributed by atoms with Gasteiger partial charge in [0.1, 0.15) is 5.78 Å². The van der Waals surface area contributed by atoms with E-state index < -0.39 is 21.3 Å². The Balaban J connectivity index is 3.20. The number of hydrogen-bond acceptors (Lipinski definition) is 5. The average Bonchev–Trinajstić information content (AvgIpc) is 2.35. The van der Waals surface area contributed by atoms with Crippen molar-refractivity contribution in [3.8, 4) is 0 Å². The summed E-state index contributed by atoms with van der Waals surface area (Å²) >= 11 is 0. The molecule has 108 valence electrons. The quantitative estimate of drug-likeness (QED) is 0.588. The summed E-state index contributed by atoms with van der Waals surface area (Å²) < 4.78 is 0. The highest BCUT2D eigenvalue weighted by molar-refractivity contribution is 5.76. The predicted octanol–water partition coefficient (Wildman–Crippen LogP) is 2.71. The molecule has 0 aromatic heterocycles. The summed E-state index contributed by atoms with van der Waals surface area (Å²) in [6.07, 6.45) is 0.0196. The topological polar surface area (TPSA) is 103 Å². The van der Waals surface area contributed by atoms with E-state index in [-0.39, 0.29) is 17.9 Å². The number of nitrogens with zero attached hydrogens (tertiary/aromatic N) is 2. The van der Waals surface area contributed by atoms with Crippen LogP contribution in [0.25, 0.3) is 0 Å². The molecule has 0 aliphatic rings. The number of rotatable bonds is 6. The molecule has 1 aromatic rings. The average molecular weight is 280 g/mol. The normalized spacial score (nSPS) is 12.8. The van der Waals surface area contributed by atoms with Crippen molar-refractivity contribution in [3.63, 3.8) is 0 Å². The van der Waals surface area contributed by atoms with E-state index in [1.54, 1.807) is 0 Å². The van der Waals surface area contributed by atoms with Gasteiger partial charge < -0.3 is 4.79 Å². The molecule has 1 aromatic carbocycles. The van der Waals surface area contributed by atoms with Crippen LogP contribution in [0.1, 0.15) is 38.7 Å². The number of nitro benzene ring substituents is 1. The molecule has 0 saturated heterocycles. The number of nitro groups is 2. The van der Waals surface area contributed by atoms with Crippen LogP contribution < -0.4 is 0 Å². The molecule has 1 rings (SSSR count). The first kappa shape index (κ1) is 15.7. The second-order valence-corrected chi connectivity index (χ2v) is 5.22. The van der Waals surface area contributed by atoms with Gasteiger partial charge in [0.05, 0.1) is 10.8 Å². The number of ketones is 1. The first-order valence-electron chi connectivity index (χ1n) is 6.04. The van der Waals surface area contributed by atoms with Crippen LogP contribution >= 0.6 is 0 Å². The van der Waals surface area contributed by atoms with Gasteiger partial charge in [-0.3, -0.25) is 20.2 Å². The second-order valence-electron chi connectivity index (χ2n) is 5.22. The van der Waals surface area contributed by atoms with Crippen LogP contribution in [-0.2, 0) is 4.79 Å². The Morgan fingerprint density at radius 1 is 1.20 bits per heavy atom. The molecule has 0 heterocycles. The summed E-state index contributed by atoms with van der Waals surface area (Å²) in [5.74, 6) is -0.793. The van der Waals surface area contributed by atoms with Crippen molar-refractivity contribution in [2.24, 2.45) is 0 Å². The van der Waals surface area contributed by atoms with Gasteiger partial charge >= 0.3 is 0 Å². The Morgan fingerprint density at radius 3 is 2.05 bits per heavy atom. The third-order valence-electron chi connectivity index (χ3n) is 3.32. The highest BCUT2D eigenvalue weighted by atomic mass is 16.6. The lowest BCUT2D eigenvalue weighted by molar-refractivity contribution is -0.565. The van der Waals surface area contributed by atoms with Gasteiger partial charge in [0.2, 0.25) is 5.54 Å². The van der Waals surface area contributed by atoms with Crippen molar-refractivity contribution in [2.45, 2.75) is 38.6 Å². The summed E-state index contributed by atoms with van der Waals surface area (Å²) in [5.41, 5.74) is -0.872. The highest BCUT2D eigenvalue weighted by Gasteiger charge is 2.42. The monoisotopic (exact) mass is 280 g/mol. The Hall–Kier alpha value is -2.31. The molecule has 0 saturated carbocycles. The summed E-state index contributed by atoms with van der Waals surface area (Å²) in [4.78, 5) is 32.2. The minimum absolute atomic E-state index is 0.0196. The van der Waals surface area contributed by atoms with Crippen LogP contribution in [0.2, 0.25) is 0 Å². The Bertz CT molecular complexity index is 536. The molecule has 7 heteroatoms. The van der Waals surface area contributed by atoms with Gasteiger partial charge in [0.15, 0.2) is 0 Å². The molecule has 0 aliphatic carbocycles. The first-order valence-corrected chi connectivity index (χ1v) is 6.04. The van der Waals surface area contributed by atoms with E-state index in [0.29, 0.717) is 5.56 Å². The number of hydrogen-bond donors (Lipinski definition) is 0. The number of non-ortho nitro benzene ring substituents is 1. The molecule has 0 bridgehead atoms. The molecule has 1 atom stereocenters. The van der Waals surface area contributed by atoms with E-state index in [4.69, 9.17) is 0 Å². The van der Waals surface area contributed by atoms with Gasteiger partial charge in [0.25, 0.3) is 5.69 Å². The van der Waals surface area contributed by atoms with Crippen LogP contribution in [0.5, 0.6) is 0 Å². The van der Waals surface area contributed by atoms with Gasteiger partial charge in [-0.25, -0.2) is 0 Å². The number of benzene rings is 1. The standard InChI is InChI=1S/C13H16N2O5/c1-9(16)8-12(13(2,3)15(19)20)10-4-6-11(7-5-10)14(17)18/h4-7,12H,8H2,1-3H3/t12-/m0/s1. The van der Waals surface area contributed by atoms with Crippen molar-refractivity contribution in [2.75, 3.05) is 0 Å². The zero-order valence-corrected chi connectivity index (χ0v) is 11.5. The fourth-order valence-electron chi connectivity index (χ4n) is 2.02. The minimum Gasteiger partial charge on any atom is -0.300 e. The van der Waals surface area contributed by atoms with E-state index in [2.05, 4.69) is 0 Å². The molecular formula is C13H16N2O5. The van der Waals surface area contributed by atoms with Crippen molar-refractivity contribution < 1.29 is 14.6 Å². The van der Waals surface area contributed by atoms with E-state index in [1.807, 2.05) is 0 Å². The summed E-state index contributed by atoms with van der Waals surface area (Å²) in [6.45, 7) is 4.26. The fraction of sp³-hybridized carbons (Fsp3) is 0.462. The van der Waals surface area contributed by atoms with Crippen LogP contribution in [0, 0.1) is 20.2 Å². The van der Waals surface area contributed by atoms with Crippen molar-refractivity contribution >= 4 is 11.5 Å². The lowest BCUT2D eigenvalue weighted by Gasteiger charge is -2.26. The highest BCUT2D eigenvalue weighted by Crippen LogP contribution is 2.34. The third kappa shape index (κ3) is 3.37. The Morgan fingerprint density at radius 2 is 1.70 bits per heavy atom. The Kier molecular flexibility index (Phi) is 4.54. The third-order valence-corrected chi connectivity index (χ3v) is 3.32. The summed E-state index contributed by atoms with van der Waals surface area (Å²) in [5, 5.41) is 21.8. The van der Waals surface area contributed by atoms with E-state index in [0.717, 1.165) is 0 Å². The molecule has 20 heavy (non-hydrogen) atoms. The van der Waals surface area contributed by atoms with Crippen LogP contribution in [0.3, 0.4) is 0 Å². The smallest absolute Gasteiger partial charge is 0.269 e. The van der Waals surface area contributed by atoms with Gasteiger partial charge in [0, 0.05) is 37.3 Å². The molecule has 7 nitrogen and oxygen atoms in total. The molecule has 0 amide bonds. The maximum atomic E-state index is 11.3. The minimum atomic E-state index is -1.33. The molecule has 0 unspecified atom stereocenters. The van der Waals surface area contributed by atoms with Gasteiger partial charge in [-0.15, -0.1) is 0 Å². The summed E-state index contributed by atoms with van der Waals surface area (Å²) in [7, 11) is 0. The van der Waals surface area contributed by atoms with Gasteiger partial charge in [-0.2, -0.15) is 0 Å². The zero-order valence-electron chi connectivity index (χ0n) is 11.5. The largest absolute Gasteiger partial charge is 0.300 e. The lowest BCUT2D eigenvalue weighted by Crippen LogP contribution is -2.39. The van der Waals surface area contributed by atoms with E-state index in [9.17, 15) is 25.0 Å². The van der Waals surface area contributed by atoms with E-state index >= 15 is 0 Å². The maximum absolute atomic E-state index is 11.3. The molecule has 0 aliphatic heterocycles.